The van der Waals surface area contributed by atoms with Crippen LogP contribution < -0.4 is 4.80 Å². The quantitative estimate of drug-likeness (QED) is 0.712. The molecule has 2 heterocycles. The number of thiazole rings is 1. The van der Waals surface area contributed by atoms with E-state index in [4.69, 9.17) is 11.6 Å². The number of carbonyl (C=O) groups is 1. The Kier molecular flexibility index (Phi) is 4.12. The molecule has 3 aromatic rings. The standard InChI is InChI=1S/C16H17ClN4OS/c1-5-21-12(8-10(3)19-21)15(22)18-16-20(4)13-9(2)6-7-11(17)14(13)23-16/h6-8H,5H2,1-4H3. The van der Waals surface area contributed by atoms with Crippen LogP contribution in [0.2, 0.25) is 5.02 Å². The summed E-state index contributed by atoms with van der Waals surface area (Å²) in [6, 6.07) is 5.61. The lowest BCUT2D eigenvalue weighted by Crippen LogP contribution is -2.15. The molecule has 0 spiro atoms. The molecule has 5 nitrogen and oxygen atoms in total. The molecule has 2 aromatic heterocycles. The first-order chi connectivity index (χ1) is 10.9. The summed E-state index contributed by atoms with van der Waals surface area (Å²) < 4.78 is 4.53. The van der Waals surface area contributed by atoms with Crippen LogP contribution in [0.25, 0.3) is 10.2 Å². The molecule has 0 bridgehead atoms. The molecule has 0 aliphatic heterocycles. The van der Waals surface area contributed by atoms with Gasteiger partial charge in [0.15, 0.2) is 4.80 Å². The van der Waals surface area contributed by atoms with Gasteiger partial charge in [-0.2, -0.15) is 10.1 Å². The number of fused-ring (bicyclic) bond motifs is 1. The highest BCUT2D eigenvalue weighted by Crippen LogP contribution is 2.28. The number of carbonyl (C=O) groups excluding carboxylic acids is 1. The van der Waals surface area contributed by atoms with Crippen molar-refractivity contribution in [1.29, 1.82) is 0 Å². The third-order valence-electron chi connectivity index (χ3n) is 3.72. The van der Waals surface area contributed by atoms with Crippen molar-refractivity contribution in [3.05, 3.63) is 45.0 Å². The maximum Gasteiger partial charge on any atom is 0.297 e. The maximum absolute atomic E-state index is 12.5. The molecule has 23 heavy (non-hydrogen) atoms. The number of hydrogen-bond donors (Lipinski definition) is 0. The number of nitrogens with zero attached hydrogens (tertiary/aromatic N) is 4. The average molecular weight is 349 g/mol. The van der Waals surface area contributed by atoms with Crippen LogP contribution in [0.3, 0.4) is 0 Å². The number of aromatic nitrogens is 3. The summed E-state index contributed by atoms with van der Waals surface area (Å²) in [7, 11) is 1.90. The van der Waals surface area contributed by atoms with E-state index in [0.717, 1.165) is 21.5 Å². The largest absolute Gasteiger partial charge is 0.319 e. The van der Waals surface area contributed by atoms with E-state index in [9.17, 15) is 4.79 Å². The average Bonchev–Trinajstić information content (AvgIpc) is 3.05. The van der Waals surface area contributed by atoms with Crippen molar-refractivity contribution >= 4 is 39.1 Å². The molecular weight excluding hydrogens is 332 g/mol. The molecule has 1 aromatic carbocycles. The molecule has 0 unspecified atom stereocenters. The van der Waals surface area contributed by atoms with E-state index in [1.54, 1.807) is 10.7 Å². The van der Waals surface area contributed by atoms with Crippen molar-refractivity contribution in [3.8, 4) is 0 Å². The Bertz CT molecular complexity index is 980. The van der Waals surface area contributed by atoms with Crippen molar-refractivity contribution in [2.24, 2.45) is 12.0 Å². The van der Waals surface area contributed by atoms with Crippen LogP contribution in [-0.4, -0.2) is 20.3 Å². The number of amides is 1. The van der Waals surface area contributed by atoms with E-state index >= 15 is 0 Å². The van der Waals surface area contributed by atoms with Crippen LogP contribution >= 0.6 is 22.9 Å². The maximum atomic E-state index is 12.5. The van der Waals surface area contributed by atoms with Gasteiger partial charge in [0.1, 0.15) is 5.69 Å². The Morgan fingerprint density at radius 1 is 1.39 bits per heavy atom. The summed E-state index contributed by atoms with van der Waals surface area (Å²) in [6.45, 7) is 6.47. The minimum Gasteiger partial charge on any atom is -0.319 e. The molecule has 0 aliphatic rings. The fourth-order valence-electron chi connectivity index (χ4n) is 2.61. The Labute approximate surface area is 142 Å². The number of aryl methyl sites for hydroxylation is 4. The fraction of sp³-hybridized carbons (Fsp3) is 0.312. The lowest BCUT2D eigenvalue weighted by molar-refractivity contribution is 0.0988. The van der Waals surface area contributed by atoms with Gasteiger partial charge in [0.2, 0.25) is 0 Å². The molecule has 0 atom stereocenters. The predicted octanol–water partition coefficient (Wildman–Crippen LogP) is 3.47. The van der Waals surface area contributed by atoms with E-state index in [2.05, 4.69) is 10.1 Å². The number of benzene rings is 1. The summed E-state index contributed by atoms with van der Waals surface area (Å²) in [5, 5.41) is 4.97. The molecule has 0 saturated carbocycles. The molecule has 0 fully saturated rings. The van der Waals surface area contributed by atoms with Gasteiger partial charge in [-0.15, -0.1) is 0 Å². The molecule has 0 aliphatic carbocycles. The second kappa shape index (κ2) is 5.94. The zero-order chi connectivity index (χ0) is 16.7. The summed E-state index contributed by atoms with van der Waals surface area (Å²) in [5.74, 6) is -0.289. The highest BCUT2D eigenvalue weighted by molar-refractivity contribution is 7.17. The van der Waals surface area contributed by atoms with Crippen molar-refractivity contribution < 1.29 is 4.79 Å². The first-order valence-electron chi connectivity index (χ1n) is 7.30. The molecule has 120 valence electrons. The van der Waals surface area contributed by atoms with Crippen molar-refractivity contribution in [2.75, 3.05) is 0 Å². The smallest absolute Gasteiger partial charge is 0.297 e. The van der Waals surface area contributed by atoms with Crippen LogP contribution in [0.5, 0.6) is 0 Å². The second-order valence-corrected chi connectivity index (χ2v) is 6.77. The zero-order valence-corrected chi connectivity index (χ0v) is 15.0. The van der Waals surface area contributed by atoms with E-state index in [1.807, 2.05) is 44.5 Å². The van der Waals surface area contributed by atoms with Gasteiger partial charge >= 0.3 is 0 Å². The highest BCUT2D eigenvalue weighted by atomic mass is 35.5. The van der Waals surface area contributed by atoms with Gasteiger partial charge in [-0.25, -0.2) is 0 Å². The third-order valence-corrected chi connectivity index (χ3v) is 5.31. The second-order valence-electron chi connectivity index (χ2n) is 5.39. The van der Waals surface area contributed by atoms with Crippen LogP contribution in [0.4, 0.5) is 0 Å². The van der Waals surface area contributed by atoms with Gasteiger partial charge in [0.25, 0.3) is 5.91 Å². The zero-order valence-electron chi connectivity index (χ0n) is 13.4. The Hall–Kier alpha value is -1.92. The molecule has 0 N–H and O–H groups in total. The monoisotopic (exact) mass is 348 g/mol. The minimum absolute atomic E-state index is 0.289. The molecule has 3 rings (SSSR count). The molecule has 1 amide bonds. The molecule has 0 radical (unpaired) electrons. The summed E-state index contributed by atoms with van der Waals surface area (Å²) in [5.41, 5.74) is 3.43. The van der Waals surface area contributed by atoms with Gasteiger partial charge in [-0.05, 0) is 38.5 Å². The van der Waals surface area contributed by atoms with Gasteiger partial charge in [0, 0.05) is 13.6 Å². The molecular formula is C16H17ClN4OS. The Balaban J connectivity index is 2.18. The van der Waals surface area contributed by atoms with E-state index in [0.29, 0.717) is 22.1 Å². The lowest BCUT2D eigenvalue weighted by atomic mass is 10.2. The van der Waals surface area contributed by atoms with E-state index in [1.165, 1.54) is 11.3 Å². The predicted molar refractivity (Wildman–Crippen MR) is 93.1 cm³/mol. The summed E-state index contributed by atoms with van der Waals surface area (Å²) in [6.07, 6.45) is 0. The summed E-state index contributed by atoms with van der Waals surface area (Å²) in [4.78, 5) is 17.5. The van der Waals surface area contributed by atoms with Gasteiger partial charge in [0.05, 0.1) is 20.9 Å². The fourth-order valence-corrected chi connectivity index (χ4v) is 3.98. The topological polar surface area (TPSA) is 52.2 Å². The molecule has 7 heteroatoms. The highest BCUT2D eigenvalue weighted by Gasteiger charge is 2.14. The molecule has 0 saturated heterocycles. The van der Waals surface area contributed by atoms with Crippen molar-refractivity contribution in [1.82, 2.24) is 14.3 Å². The lowest BCUT2D eigenvalue weighted by Gasteiger charge is -2.01. The van der Waals surface area contributed by atoms with Crippen LogP contribution in [0.15, 0.2) is 23.2 Å². The minimum atomic E-state index is -0.289. The number of hydrogen-bond acceptors (Lipinski definition) is 3. The Morgan fingerprint density at radius 2 is 2.13 bits per heavy atom. The van der Waals surface area contributed by atoms with E-state index < -0.39 is 0 Å². The normalized spacial score (nSPS) is 12.3. The SMILES string of the molecule is CCn1nc(C)cc1C(=O)N=c1sc2c(Cl)ccc(C)c2n1C. The van der Waals surface area contributed by atoms with Crippen LogP contribution in [-0.2, 0) is 13.6 Å². The van der Waals surface area contributed by atoms with E-state index in [-0.39, 0.29) is 5.91 Å². The van der Waals surface area contributed by atoms with Gasteiger partial charge in [-0.3, -0.25) is 9.48 Å². The van der Waals surface area contributed by atoms with Gasteiger partial charge < -0.3 is 4.57 Å². The van der Waals surface area contributed by atoms with Crippen LogP contribution in [0, 0.1) is 13.8 Å². The number of rotatable bonds is 2. The number of halogens is 1. The summed E-state index contributed by atoms with van der Waals surface area (Å²) >= 11 is 7.70. The van der Waals surface area contributed by atoms with Gasteiger partial charge in [-0.1, -0.05) is 29.0 Å². The first kappa shape index (κ1) is 16.0. The van der Waals surface area contributed by atoms with Crippen LogP contribution in [0.1, 0.15) is 28.7 Å². The Morgan fingerprint density at radius 3 is 2.78 bits per heavy atom. The first-order valence-corrected chi connectivity index (χ1v) is 8.50. The third kappa shape index (κ3) is 2.72. The van der Waals surface area contributed by atoms with Crippen molar-refractivity contribution in [2.45, 2.75) is 27.3 Å². The van der Waals surface area contributed by atoms with Crippen molar-refractivity contribution in [3.63, 3.8) is 0 Å².